The highest BCUT2D eigenvalue weighted by molar-refractivity contribution is 9.10. The van der Waals surface area contributed by atoms with Crippen LogP contribution < -0.4 is 4.90 Å². The van der Waals surface area contributed by atoms with E-state index >= 15 is 0 Å². The van der Waals surface area contributed by atoms with Crippen LogP contribution in [0.3, 0.4) is 0 Å². The van der Waals surface area contributed by atoms with Crippen LogP contribution in [0.4, 0.5) is 5.69 Å². The Balaban J connectivity index is 1.26. The SMILES string of the molecule is O=S(=O)(c1ccc(Br)cc1)N1CCN(CC2CCN(c3ccncc3)CC2)CC1. The first-order valence-electron chi connectivity index (χ1n) is 10.2. The smallest absolute Gasteiger partial charge is 0.243 e. The molecule has 29 heavy (non-hydrogen) atoms. The van der Waals surface area contributed by atoms with E-state index in [2.05, 4.69) is 42.8 Å². The van der Waals surface area contributed by atoms with E-state index in [1.807, 2.05) is 12.4 Å². The zero-order valence-corrected chi connectivity index (χ0v) is 18.9. The van der Waals surface area contributed by atoms with E-state index < -0.39 is 10.0 Å². The van der Waals surface area contributed by atoms with E-state index in [1.54, 1.807) is 28.6 Å². The molecular weight excluding hydrogens is 452 g/mol. The first-order valence-corrected chi connectivity index (χ1v) is 12.4. The third-order valence-corrected chi connectivity index (χ3v) is 8.38. The van der Waals surface area contributed by atoms with Crippen LogP contribution >= 0.6 is 15.9 Å². The van der Waals surface area contributed by atoms with Crippen molar-refractivity contribution in [3.8, 4) is 0 Å². The highest BCUT2D eigenvalue weighted by Crippen LogP contribution is 2.25. The minimum absolute atomic E-state index is 0.373. The van der Waals surface area contributed by atoms with E-state index in [1.165, 1.54) is 18.5 Å². The van der Waals surface area contributed by atoms with Crippen molar-refractivity contribution < 1.29 is 8.42 Å². The number of piperidine rings is 1. The molecule has 6 nitrogen and oxygen atoms in total. The van der Waals surface area contributed by atoms with Gasteiger partial charge in [-0.05, 0) is 55.2 Å². The number of hydrogen-bond donors (Lipinski definition) is 0. The van der Waals surface area contributed by atoms with Crippen molar-refractivity contribution in [2.75, 3.05) is 50.7 Å². The fourth-order valence-corrected chi connectivity index (χ4v) is 5.89. The van der Waals surface area contributed by atoms with Gasteiger partial charge in [-0.2, -0.15) is 4.31 Å². The second-order valence-corrected chi connectivity index (χ2v) is 10.6. The lowest BCUT2D eigenvalue weighted by Crippen LogP contribution is -2.50. The minimum atomic E-state index is -3.40. The standard InChI is InChI=1S/C21H27BrN4O2S/c22-19-1-3-21(4-2-19)29(27,28)26-15-13-24(14-16-26)17-18-7-11-25(12-8-18)20-5-9-23-10-6-20/h1-6,9-10,18H,7-8,11-17H2. The predicted molar refractivity (Wildman–Crippen MR) is 119 cm³/mol. The van der Waals surface area contributed by atoms with Crippen molar-refractivity contribution >= 4 is 31.6 Å². The Labute approximate surface area is 181 Å². The lowest BCUT2D eigenvalue weighted by Gasteiger charge is -2.39. The Bertz CT molecular complexity index is 892. The number of pyridine rings is 1. The number of halogens is 1. The summed E-state index contributed by atoms with van der Waals surface area (Å²) in [7, 11) is -3.40. The van der Waals surface area contributed by atoms with Crippen LogP contribution in [0.2, 0.25) is 0 Å². The molecule has 0 aliphatic carbocycles. The van der Waals surface area contributed by atoms with Gasteiger partial charge in [0.1, 0.15) is 0 Å². The van der Waals surface area contributed by atoms with Gasteiger partial charge in [0, 0.05) is 68.4 Å². The monoisotopic (exact) mass is 478 g/mol. The summed E-state index contributed by atoms with van der Waals surface area (Å²) in [5, 5.41) is 0. The van der Waals surface area contributed by atoms with E-state index in [4.69, 9.17) is 0 Å². The fourth-order valence-electron chi connectivity index (χ4n) is 4.20. The quantitative estimate of drug-likeness (QED) is 0.660. The maximum absolute atomic E-state index is 12.8. The van der Waals surface area contributed by atoms with Crippen LogP contribution in [-0.4, -0.2) is 68.4 Å². The van der Waals surface area contributed by atoms with Crippen LogP contribution in [0.25, 0.3) is 0 Å². The average Bonchev–Trinajstić information content (AvgIpc) is 2.76. The summed E-state index contributed by atoms with van der Waals surface area (Å²) in [6, 6.07) is 11.0. The van der Waals surface area contributed by atoms with Gasteiger partial charge in [-0.1, -0.05) is 15.9 Å². The highest BCUT2D eigenvalue weighted by Gasteiger charge is 2.30. The molecule has 0 atom stereocenters. The van der Waals surface area contributed by atoms with E-state index in [0.29, 0.717) is 23.9 Å². The van der Waals surface area contributed by atoms with Crippen molar-refractivity contribution in [3.05, 3.63) is 53.3 Å². The Kier molecular flexibility index (Phi) is 6.53. The molecule has 0 bridgehead atoms. The van der Waals surface area contributed by atoms with E-state index in [-0.39, 0.29) is 0 Å². The predicted octanol–water partition coefficient (Wildman–Crippen LogP) is 3.07. The molecule has 2 fully saturated rings. The molecule has 0 unspecified atom stereocenters. The third-order valence-electron chi connectivity index (χ3n) is 5.94. The molecule has 0 N–H and O–H groups in total. The molecule has 156 valence electrons. The molecule has 0 saturated carbocycles. The summed E-state index contributed by atoms with van der Waals surface area (Å²) < 4.78 is 28.2. The summed E-state index contributed by atoms with van der Waals surface area (Å²) in [4.78, 5) is 9.33. The molecule has 0 spiro atoms. The number of anilines is 1. The number of nitrogens with zero attached hydrogens (tertiary/aromatic N) is 4. The molecular formula is C21H27BrN4O2S. The summed E-state index contributed by atoms with van der Waals surface area (Å²) in [5.41, 5.74) is 1.25. The molecule has 4 rings (SSSR count). The van der Waals surface area contributed by atoms with Gasteiger partial charge in [-0.15, -0.1) is 0 Å². The summed E-state index contributed by atoms with van der Waals surface area (Å²) in [5.74, 6) is 0.683. The minimum Gasteiger partial charge on any atom is -0.371 e. The Morgan fingerprint density at radius 3 is 2.14 bits per heavy atom. The van der Waals surface area contributed by atoms with Crippen molar-refractivity contribution in [1.29, 1.82) is 0 Å². The maximum atomic E-state index is 12.8. The molecule has 2 aromatic rings. The van der Waals surface area contributed by atoms with Crippen LogP contribution in [0.5, 0.6) is 0 Å². The Morgan fingerprint density at radius 1 is 0.897 bits per heavy atom. The normalized spacial score (nSPS) is 20.1. The molecule has 2 aliphatic heterocycles. The van der Waals surface area contributed by atoms with Crippen molar-refractivity contribution in [2.45, 2.75) is 17.7 Å². The average molecular weight is 479 g/mol. The van der Waals surface area contributed by atoms with Gasteiger partial charge in [0.15, 0.2) is 0 Å². The van der Waals surface area contributed by atoms with Crippen molar-refractivity contribution in [1.82, 2.24) is 14.2 Å². The van der Waals surface area contributed by atoms with Crippen LogP contribution in [0.1, 0.15) is 12.8 Å². The van der Waals surface area contributed by atoms with E-state index in [9.17, 15) is 8.42 Å². The van der Waals surface area contributed by atoms with Crippen LogP contribution in [0, 0.1) is 5.92 Å². The molecule has 2 saturated heterocycles. The van der Waals surface area contributed by atoms with Gasteiger partial charge in [-0.25, -0.2) is 8.42 Å². The topological polar surface area (TPSA) is 56.8 Å². The third kappa shape index (κ3) is 4.99. The molecule has 8 heteroatoms. The number of hydrogen-bond acceptors (Lipinski definition) is 5. The first kappa shape index (κ1) is 20.8. The number of aromatic nitrogens is 1. The first-order chi connectivity index (χ1) is 14.0. The number of benzene rings is 1. The lowest BCUT2D eigenvalue weighted by atomic mass is 9.95. The molecule has 0 radical (unpaired) electrons. The number of sulfonamides is 1. The van der Waals surface area contributed by atoms with Gasteiger partial charge in [0.25, 0.3) is 0 Å². The van der Waals surface area contributed by atoms with Crippen molar-refractivity contribution in [3.63, 3.8) is 0 Å². The van der Waals surface area contributed by atoms with Crippen molar-refractivity contribution in [2.24, 2.45) is 5.92 Å². The van der Waals surface area contributed by atoms with Gasteiger partial charge in [0.2, 0.25) is 10.0 Å². The molecule has 1 aromatic carbocycles. The van der Waals surface area contributed by atoms with Gasteiger partial charge >= 0.3 is 0 Å². The highest BCUT2D eigenvalue weighted by atomic mass is 79.9. The summed E-state index contributed by atoms with van der Waals surface area (Å²) in [6.45, 7) is 5.96. The molecule has 0 amide bonds. The van der Waals surface area contributed by atoms with Crippen LogP contribution in [-0.2, 0) is 10.0 Å². The molecule has 3 heterocycles. The van der Waals surface area contributed by atoms with Gasteiger partial charge in [0.05, 0.1) is 4.90 Å². The Morgan fingerprint density at radius 2 is 1.52 bits per heavy atom. The number of rotatable bonds is 5. The van der Waals surface area contributed by atoms with Gasteiger partial charge < -0.3 is 9.80 Å². The maximum Gasteiger partial charge on any atom is 0.243 e. The molecule has 2 aliphatic rings. The fraction of sp³-hybridized carbons (Fsp3) is 0.476. The van der Waals surface area contributed by atoms with E-state index in [0.717, 1.165) is 37.2 Å². The Hall–Kier alpha value is -1.48. The molecule has 1 aromatic heterocycles. The zero-order chi connectivity index (χ0) is 20.3. The summed E-state index contributed by atoms with van der Waals surface area (Å²) >= 11 is 3.36. The second kappa shape index (κ2) is 9.12. The summed E-state index contributed by atoms with van der Waals surface area (Å²) in [6.07, 6.45) is 6.06. The number of piperazine rings is 1. The second-order valence-electron chi connectivity index (χ2n) is 7.79. The largest absolute Gasteiger partial charge is 0.371 e. The van der Waals surface area contributed by atoms with Crippen LogP contribution in [0.15, 0.2) is 58.2 Å². The zero-order valence-electron chi connectivity index (χ0n) is 16.5. The lowest BCUT2D eigenvalue weighted by molar-refractivity contribution is 0.155. The van der Waals surface area contributed by atoms with Gasteiger partial charge in [-0.3, -0.25) is 4.98 Å².